The Morgan fingerprint density at radius 2 is 1.62 bits per heavy atom. The molecule has 1 aliphatic rings. The van der Waals surface area contributed by atoms with Crippen molar-refractivity contribution >= 4 is 0 Å². The summed E-state index contributed by atoms with van der Waals surface area (Å²) in [5, 5.41) is 0. The molecule has 0 heterocycles. The van der Waals surface area contributed by atoms with Gasteiger partial charge in [0.25, 0.3) is 0 Å². The summed E-state index contributed by atoms with van der Waals surface area (Å²) in [5.41, 5.74) is 0. The zero-order valence-electron chi connectivity index (χ0n) is 12.0. The first-order chi connectivity index (χ1) is 7.65. The van der Waals surface area contributed by atoms with Gasteiger partial charge in [-0.25, -0.2) is 0 Å². The summed E-state index contributed by atoms with van der Waals surface area (Å²) >= 11 is 0. The molecule has 4 atom stereocenters. The predicted molar refractivity (Wildman–Crippen MR) is 73.6 cm³/mol. The van der Waals surface area contributed by atoms with Crippen LogP contribution < -0.4 is 0 Å². The van der Waals surface area contributed by atoms with Gasteiger partial charge in [0.1, 0.15) is 0 Å². The van der Waals surface area contributed by atoms with Gasteiger partial charge in [0.15, 0.2) is 0 Å². The highest BCUT2D eigenvalue weighted by Gasteiger charge is 2.36. The average molecular weight is 224 g/mol. The minimum Gasteiger partial charge on any atom is -0.0654 e. The minimum absolute atomic E-state index is 0.968. The van der Waals surface area contributed by atoms with Crippen LogP contribution in [-0.2, 0) is 0 Å². The van der Waals surface area contributed by atoms with Crippen LogP contribution in [0, 0.1) is 23.7 Å². The molecular formula is C16H32. The molecule has 0 aromatic carbocycles. The van der Waals surface area contributed by atoms with Crippen molar-refractivity contribution in [3.8, 4) is 0 Å². The van der Waals surface area contributed by atoms with Gasteiger partial charge in [-0.3, -0.25) is 0 Å². The second-order valence-corrected chi connectivity index (χ2v) is 6.39. The van der Waals surface area contributed by atoms with E-state index >= 15 is 0 Å². The van der Waals surface area contributed by atoms with Gasteiger partial charge in [0.05, 0.1) is 0 Å². The third-order valence-electron chi connectivity index (χ3n) is 4.56. The Bertz CT molecular complexity index is 173. The lowest BCUT2D eigenvalue weighted by Gasteiger charge is -2.14. The van der Waals surface area contributed by atoms with Crippen LogP contribution in [0.1, 0.15) is 79.1 Å². The maximum Gasteiger partial charge on any atom is -0.0360 e. The molecule has 0 N–H and O–H groups in total. The number of hydrogen-bond donors (Lipinski definition) is 0. The molecule has 0 heteroatoms. The van der Waals surface area contributed by atoms with Gasteiger partial charge in [0, 0.05) is 0 Å². The normalized spacial score (nSPS) is 27.8. The molecule has 1 rings (SSSR count). The molecule has 0 spiro atoms. The van der Waals surface area contributed by atoms with Gasteiger partial charge in [-0.15, -0.1) is 0 Å². The topological polar surface area (TPSA) is 0 Å². The fourth-order valence-corrected chi connectivity index (χ4v) is 3.03. The molecule has 96 valence electrons. The smallest absolute Gasteiger partial charge is 0.0360 e. The van der Waals surface area contributed by atoms with Crippen LogP contribution in [0.5, 0.6) is 0 Å². The third-order valence-corrected chi connectivity index (χ3v) is 4.56. The number of rotatable bonds is 9. The molecular weight excluding hydrogens is 192 g/mol. The fourth-order valence-electron chi connectivity index (χ4n) is 3.03. The Morgan fingerprint density at radius 3 is 2.19 bits per heavy atom. The Labute approximate surface area is 103 Å². The molecule has 1 aliphatic carbocycles. The van der Waals surface area contributed by atoms with Crippen LogP contribution in [-0.4, -0.2) is 0 Å². The lowest BCUT2D eigenvalue weighted by atomic mass is 9.92. The zero-order chi connectivity index (χ0) is 12.0. The van der Waals surface area contributed by atoms with Crippen LogP contribution in [0.4, 0.5) is 0 Å². The molecule has 4 unspecified atom stereocenters. The largest absolute Gasteiger partial charge is 0.0654 e. The van der Waals surface area contributed by atoms with E-state index in [-0.39, 0.29) is 0 Å². The molecule has 0 aromatic heterocycles. The molecule has 1 fully saturated rings. The summed E-state index contributed by atoms with van der Waals surface area (Å²) < 4.78 is 0. The molecule has 0 nitrogen and oxygen atoms in total. The van der Waals surface area contributed by atoms with E-state index < -0.39 is 0 Å². The summed E-state index contributed by atoms with van der Waals surface area (Å²) in [5.74, 6) is 4.08. The average Bonchev–Trinajstić information content (AvgIpc) is 2.96. The number of hydrogen-bond acceptors (Lipinski definition) is 0. The molecule has 0 radical (unpaired) electrons. The molecule has 0 aliphatic heterocycles. The van der Waals surface area contributed by atoms with Crippen molar-refractivity contribution in [1.29, 1.82) is 0 Å². The monoisotopic (exact) mass is 224 g/mol. The van der Waals surface area contributed by atoms with E-state index in [0.717, 1.165) is 23.7 Å². The van der Waals surface area contributed by atoms with Crippen molar-refractivity contribution in [2.75, 3.05) is 0 Å². The first-order valence-corrected chi connectivity index (χ1v) is 7.65. The summed E-state index contributed by atoms with van der Waals surface area (Å²) in [6.07, 6.45) is 11.6. The van der Waals surface area contributed by atoms with Gasteiger partial charge < -0.3 is 0 Å². The van der Waals surface area contributed by atoms with E-state index in [2.05, 4.69) is 27.7 Å². The van der Waals surface area contributed by atoms with Crippen molar-refractivity contribution in [1.82, 2.24) is 0 Å². The van der Waals surface area contributed by atoms with Crippen LogP contribution in [0.2, 0.25) is 0 Å². The summed E-state index contributed by atoms with van der Waals surface area (Å²) in [6.45, 7) is 9.62. The standard InChI is InChI=1S/C16H32/c1-5-6-7-9-13(2)10-8-11-14(3)16-12-15(16)4/h13-16H,5-12H2,1-4H3. The van der Waals surface area contributed by atoms with Crippen LogP contribution in [0.25, 0.3) is 0 Å². The molecule has 0 saturated heterocycles. The van der Waals surface area contributed by atoms with Crippen molar-refractivity contribution in [2.45, 2.75) is 79.1 Å². The van der Waals surface area contributed by atoms with Gasteiger partial charge in [-0.2, -0.15) is 0 Å². The van der Waals surface area contributed by atoms with E-state index in [1.807, 2.05) is 0 Å². The Hall–Kier alpha value is 0. The van der Waals surface area contributed by atoms with Crippen LogP contribution in [0.3, 0.4) is 0 Å². The van der Waals surface area contributed by atoms with E-state index in [1.165, 1.54) is 51.4 Å². The van der Waals surface area contributed by atoms with E-state index in [0.29, 0.717) is 0 Å². The van der Waals surface area contributed by atoms with Gasteiger partial charge >= 0.3 is 0 Å². The second kappa shape index (κ2) is 7.35. The highest BCUT2D eigenvalue weighted by molar-refractivity contribution is 4.86. The third kappa shape index (κ3) is 5.37. The Balaban J connectivity index is 1.93. The molecule has 1 saturated carbocycles. The van der Waals surface area contributed by atoms with Crippen molar-refractivity contribution in [2.24, 2.45) is 23.7 Å². The Morgan fingerprint density at radius 1 is 1.00 bits per heavy atom. The van der Waals surface area contributed by atoms with Crippen molar-refractivity contribution < 1.29 is 0 Å². The highest BCUT2D eigenvalue weighted by atomic mass is 14.4. The van der Waals surface area contributed by atoms with Gasteiger partial charge in [0.2, 0.25) is 0 Å². The highest BCUT2D eigenvalue weighted by Crippen LogP contribution is 2.45. The Kier molecular flexibility index (Phi) is 6.46. The summed E-state index contributed by atoms with van der Waals surface area (Å²) in [6, 6.07) is 0. The van der Waals surface area contributed by atoms with Crippen LogP contribution >= 0.6 is 0 Å². The van der Waals surface area contributed by atoms with Gasteiger partial charge in [-0.05, 0) is 30.1 Å². The summed E-state index contributed by atoms with van der Waals surface area (Å²) in [4.78, 5) is 0. The minimum atomic E-state index is 0.968. The molecule has 0 aromatic rings. The summed E-state index contributed by atoms with van der Waals surface area (Å²) in [7, 11) is 0. The van der Waals surface area contributed by atoms with E-state index in [4.69, 9.17) is 0 Å². The van der Waals surface area contributed by atoms with Crippen LogP contribution in [0.15, 0.2) is 0 Å². The molecule has 0 amide bonds. The second-order valence-electron chi connectivity index (χ2n) is 6.39. The SMILES string of the molecule is CCCCCC(C)CCCC(C)C1CC1C. The molecule has 0 bridgehead atoms. The lowest BCUT2D eigenvalue weighted by Crippen LogP contribution is -2.01. The number of unbranched alkanes of at least 4 members (excludes halogenated alkanes) is 2. The molecule has 16 heavy (non-hydrogen) atoms. The van der Waals surface area contributed by atoms with Crippen molar-refractivity contribution in [3.05, 3.63) is 0 Å². The maximum absolute atomic E-state index is 2.47. The quantitative estimate of drug-likeness (QED) is 0.443. The maximum atomic E-state index is 2.47. The van der Waals surface area contributed by atoms with E-state index in [9.17, 15) is 0 Å². The van der Waals surface area contributed by atoms with Crippen molar-refractivity contribution in [3.63, 3.8) is 0 Å². The predicted octanol–water partition coefficient (Wildman–Crippen LogP) is 5.67. The van der Waals surface area contributed by atoms with Gasteiger partial charge in [-0.1, -0.05) is 72.6 Å². The lowest BCUT2D eigenvalue weighted by molar-refractivity contribution is 0.384. The fraction of sp³-hybridized carbons (Fsp3) is 1.00. The van der Waals surface area contributed by atoms with E-state index in [1.54, 1.807) is 0 Å². The first kappa shape index (κ1) is 14.1. The first-order valence-electron chi connectivity index (χ1n) is 7.65. The zero-order valence-corrected chi connectivity index (χ0v) is 12.0.